The minimum Gasteiger partial charge on any atom is -0.340 e. The van der Waals surface area contributed by atoms with Crippen LogP contribution in [-0.4, -0.2) is 44.1 Å². The second-order valence-corrected chi connectivity index (χ2v) is 8.27. The predicted molar refractivity (Wildman–Crippen MR) is 132 cm³/mol. The van der Waals surface area contributed by atoms with Crippen molar-refractivity contribution in [2.24, 2.45) is 0 Å². The molecule has 1 aliphatic rings. The smallest absolute Gasteiger partial charge is 0.282 e. The lowest BCUT2D eigenvalue weighted by atomic mass is 10.1. The molecule has 0 saturated carbocycles. The number of amides is 3. The minimum atomic E-state index is -0.713. The Labute approximate surface area is 206 Å². The van der Waals surface area contributed by atoms with Crippen LogP contribution in [0.2, 0.25) is 0 Å². The quantitative estimate of drug-likeness (QED) is 0.261. The van der Waals surface area contributed by atoms with Crippen molar-refractivity contribution in [1.82, 2.24) is 14.9 Å². The Balaban J connectivity index is 1.38. The Morgan fingerprint density at radius 3 is 2.64 bits per heavy atom. The van der Waals surface area contributed by atoms with Crippen LogP contribution in [0.3, 0.4) is 0 Å². The fourth-order valence-corrected chi connectivity index (χ4v) is 4.03. The summed E-state index contributed by atoms with van der Waals surface area (Å²) in [5.74, 6) is -0.951. The third kappa shape index (κ3) is 5.04. The Morgan fingerprint density at radius 2 is 1.92 bits per heavy atom. The van der Waals surface area contributed by atoms with Gasteiger partial charge in [0.1, 0.15) is 17.7 Å². The molecule has 4 rings (SSSR count). The number of nitro benzene ring substituents is 1. The Kier molecular flexibility index (Phi) is 7.00. The average Bonchev–Trinajstić information content (AvgIpc) is 3.09. The van der Waals surface area contributed by atoms with Crippen LogP contribution < -0.4 is 10.6 Å². The van der Waals surface area contributed by atoms with Gasteiger partial charge in [-0.15, -0.1) is 0 Å². The van der Waals surface area contributed by atoms with Crippen LogP contribution in [0.15, 0.2) is 48.8 Å². The van der Waals surface area contributed by atoms with E-state index in [1.165, 1.54) is 24.5 Å². The SMILES string of the molecule is CCc1ccc(Nc2cc(C)ncn2)cc1NC(=O)CCCN1C(=O)c2cccc([N+](=O)[O-])c2C1=O. The maximum atomic E-state index is 12.7. The molecule has 11 heteroatoms. The van der Waals surface area contributed by atoms with E-state index in [9.17, 15) is 24.5 Å². The van der Waals surface area contributed by atoms with Crippen LogP contribution in [-0.2, 0) is 11.2 Å². The van der Waals surface area contributed by atoms with Crippen LogP contribution in [0.4, 0.5) is 22.9 Å². The number of anilines is 3. The molecule has 0 unspecified atom stereocenters. The van der Waals surface area contributed by atoms with Gasteiger partial charge >= 0.3 is 0 Å². The van der Waals surface area contributed by atoms with Crippen LogP contribution in [0, 0.1) is 17.0 Å². The number of rotatable bonds is 9. The van der Waals surface area contributed by atoms with E-state index < -0.39 is 22.4 Å². The van der Waals surface area contributed by atoms with Crippen molar-refractivity contribution < 1.29 is 19.3 Å². The molecule has 1 aromatic heterocycles. The highest BCUT2D eigenvalue weighted by Gasteiger charge is 2.40. The third-order valence-corrected chi connectivity index (χ3v) is 5.80. The number of aromatic nitrogens is 2. The van der Waals surface area contributed by atoms with E-state index >= 15 is 0 Å². The molecule has 0 bridgehead atoms. The number of nitrogens with zero attached hydrogens (tertiary/aromatic N) is 4. The zero-order chi connectivity index (χ0) is 25.8. The van der Waals surface area contributed by atoms with E-state index in [1.54, 1.807) is 6.07 Å². The summed E-state index contributed by atoms with van der Waals surface area (Å²) in [5, 5.41) is 17.3. The second kappa shape index (κ2) is 10.3. The molecule has 0 fully saturated rings. The van der Waals surface area contributed by atoms with Gasteiger partial charge in [-0.1, -0.05) is 19.1 Å². The summed E-state index contributed by atoms with van der Waals surface area (Å²) in [6.45, 7) is 3.82. The molecule has 0 saturated heterocycles. The van der Waals surface area contributed by atoms with E-state index in [-0.39, 0.29) is 36.4 Å². The fraction of sp³-hybridized carbons (Fsp3) is 0.240. The number of fused-ring (bicyclic) bond motifs is 1. The maximum Gasteiger partial charge on any atom is 0.282 e. The van der Waals surface area contributed by atoms with Gasteiger partial charge in [-0.3, -0.25) is 29.4 Å². The van der Waals surface area contributed by atoms with Gasteiger partial charge in [0, 0.05) is 42.2 Å². The minimum absolute atomic E-state index is 0.00874. The van der Waals surface area contributed by atoms with Gasteiger partial charge in [-0.2, -0.15) is 0 Å². The molecule has 0 radical (unpaired) electrons. The number of hydrogen-bond donors (Lipinski definition) is 2. The van der Waals surface area contributed by atoms with Gasteiger partial charge in [0.25, 0.3) is 17.5 Å². The zero-order valence-corrected chi connectivity index (χ0v) is 19.8. The summed E-state index contributed by atoms with van der Waals surface area (Å²) in [6, 6.07) is 11.4. The average molecular weight is 489 g/mol. The Bertz CT molecular complexity index is 1370. The van der Waals surface area contributed by atoms with E-state index in [1.807, 2.05) is 32.0 Å². The maximum absolute atomic E-state index is 12.7. The molecule has 2 N–H and O–H groups in total. The Hall–Kier alpha value is -4.67. The van der Waals surface area contributed by atoms with Crippen molar-refractivity contribution in [2.45, 2.75) is 33.1 Å². The van der Waals surface area contributed by atoms with Gasteiger partial charge in [0.2, 0.25) is 5.91 Å². The van der Waals surface area contributed by atoms with Crippen molar-refractivity contribution in [3.8, 4) is 0 Å². The molecule has 2 heterocycles. The molecule has 0 spiro atoms. The number of aryl methyl sites for hydroxylation is 2. The largest absolute Gasteiger partial charge is 0.340 e. The van der Waals surface area contributed by atoms with E-state index in [0.717, 1.165) is 21.8 Å². The lowest BCUT2D eigenvalue weighted by Crippen LogP contribution is -2.31. The first-order valence-electron chi connectivity index (χ1n) is 11.4. The number of nitrogens with one attached hydrogen (secondary N) is 2. The normalized spacial score (nSPS) is 12.4. The van der Waals surface area contributed by atoms with Crippen molar-refractivity contribution in [1.29, 1.82) is 0 Å². The summed E-state index contributed by atoms with van der Waals surface area (Å²) >= 11 is 0. The van der Waals surface area contributed by atoms with Crippen LogP contribution >= 0.6 is 0 Å². The van der Waals surface area contributed by atoms with Crippen molar-refractivity contribution in [3.63, 3.8) is 0 Å². The highest BCUT2D eigenvalue weighted by molar-refractivity contribution is 6.23. The second-order valence-electron chi connectivity index (χ2n) is 8.27. The molecule has 1 aliphatic heterocycles. The first kappa shape index (κ1) is 24.5. The number of carbonyl (C=O) groups is 3. The number of hydrogen-bond acceptors (Lipinski definition) is 8. The topological polar surface area (TPSA) is 147 Å². The molecular weight excluding hydrogens is 464 g/mol. The van der Waals surface area contributed by atoms with E-state index in [4.69, 9.17) is 0 Å². The van der Waals surface area contributed by atoms with Gasteiger partial charge < -0.3 is 10.6 Å². The molecule has 36 heavy (non-hydrogen) atoms. The first-order chi connectivity index (χ1) is 17.3. The predicted octanol–water partition coefficient (Wildman–Crippen LogP) is 4.01. The van der Waals surface area contributed by atoms with Crippen LogP contribution in [0.1, 0.15) is 51.7 Å². The highest BCUT2D eigenvalue weighted by Crippen LogP contribution is 2.31. The summed E-state index contributed by atoms with van der Waals surface area (Å²) in [5.41, 5.74) is 2.56. The van der Waals surface area contributed by atoms with Crippen molar-refractivity contribution >= 4 is 40.6 Å². The van der Waals surface area contributed by atoms with Crippen molar-refractivity contribution in [2.75, 3.05) is 17.2 Å². The summed E-state index contributed by atoms with van der Waals surface area (Å²) in [6.07, 6.45) is 2.44. The molecule has 2 aromatic carbocycles. The summed E-state index contributed by atoms with van der Waals surface area (Å²) in [7, 11) is 0. The zero-order valence-electron chi connectivity index (χ0n) is 19.8. The summed E-state index contributed by atoms with van der Waals surface area (Å²) in [4.78, 5) is 57.7. The molecule has 0 aliphatic carbocycles. The van der Waals surface area contributed by atoms with Gasteiger partial charge in [-0.25, -0.2) is 9.97 Å². The molecule has 3 aromatic rings. The fourth-order valence-electron chi connectivity index (χ4n) is 4.03. The number of carbonyl (C=O) groups excluding carboxylic acids is 3. The Morgan fingerprint density at radius 1 is 1.11 bits per heavy atom. The molecule has 0 atom stereocenters. The van der Waals surface area contributed by atoms with Gasteiger partial charge in [0.15, 0.2) is 0 Å². The third-order valence-electron chi connectivity index (χ3n) is 5.80. The van der Waals surface area contributed by atoms with E-state index in [0.29, 0.717) is 17.9 Å². The summed E-state index contributed by atoms with van der Waals surface area (Å²) < 4.78 is 0. The standard InChI is InChI=1S/C25H24N6O5/c1-3-16-9-10-17(28-21-12-15(2)26-14-27-21)13-19(16)29-22(32)8-5-11-30-24(33)18-6-4-7-20(31(35)36)23(18)25(30)34/h4,6-7,9-10,12-14H,3,5,8,11H2,1-2H3,(H,29,32)(H,26,27,28). The monoisotopic (exact) mass is 488 g/mol. The van der Waals surface area contributed by atoms with Crippen LogP contribution in [0.5, 0.6) is 0 Å². The lowest BCUT2D eigenvalue weighted by molar-refractivity contribution is -0.385. The van der Waals surface area contributed by atoms with Crippen molar-refractivity contribution in [3.05, 3.63) is 81.3 Å². The number of benzene rings is 2. The molecule has 11 nitrogen and oxygen atoms in total. The van der Waals surface area contributed by atoms with E-state index in [2.05, 4.69) is 20.6 Å². The molecule has 184 valence electrons. The molecular formula is C25H24N6O5. The van der Waals surface area contributed by atoms with Crippen LogP contribution in [0.25, 0.3) is 0 Å². The van der Waals surface area contributed by atoms with Gasteiger partial charge in [-0.05, 0) is 43.5 Å². The number of nitro groups is 1. The first-order valence-corrected chi connectivity index (χ1v) is 11.4. The molecule has 3 amide bonds. The highest BCUT2D eigenvalue weighted by atomic mass is 16.6. The lowest BCUT2D eigenvalue weighted by Gasteiger charge is -2.15. The van der Waals surface area contributed by atoms with Gasteiger partial charge in [0.05, 0.1) is 10.5 Å². The number of imide groups is 1.